The molecule has 2 aromatic rings. The molecule has 0 saturated heterocycles. The summed E-state index contributed by atoms with van der Waals surface area (Å²) in [6.07, 6.45) is 0. The fraction of sp³-hybridized carbons (Fsp3) is 0.250. The van der Waals surface area contributed by atoms with Gasteiger partial charge in [-0.25, -0.2) is 4.39 Å². The monoisotopic (exact) mass is 277 g/mol. The van der Waals surface area contributed by atoms with Crippen molar-refractivity contribution >= 4 is 11.6 Å². The van der Waals surface area contributed by atoms with Gasteiger partial charge in [-0.3, -0.25) is 0 Å². The summed E-state index contributed by atoms with van der Waals surface area (Å²) in [7, 11) is 0. The van der Waals surface area contributed by atoms with Crippen LogP contribution in [-0.4, -0.2) is 0 Å². The number of rotatable bonds is 4. The lowest BCUT2D eigenvalue weighted by atomic mass is 10.1. The average Bonchev–Trinajstić information content (AvgIpc) is 2.39. The van der Waals surface area contributed by atoms with E-state index in [0.29, 0.717) is 6.54 Å². The molecule has 0 unspecified atom stereocenters. The molecule has 0 radical (unpaired) electrons. The van der Waals surface area contributed by atoms with Gasteiger partial charge in [0.05, 0.1) is 0 Å². The maximum atomic E-state index is 13.2. The van der Waals surface area contributed by atoms with Gasteiger partial charge in [0.1, 0.15) is 5.82 Å². The Hall–Kier alpha value is -1.38. The van der Waals surface area contributed by atoms with E-state index in [4.69, 9.17) is 11.6 Å². The zero-order chi connectivity index (χ0) is 13.8. The van der Waals surface area contributed by atoms with E-state index < -0.39 is 0 Å². The predicted molar refractivity (Wildman–Crippen MR) is 77.8 cm³/mol. The molecular weight excluding hydrogens is 261 g/mol. The number of hydrogen-bond acceptors (Lipinski definition) is 1. The summed E-state index contributed by atoms with van der Waals surface area (Å²) < 4.78 is 13.2. The number of aryl methyl sites for hydroxylation is 1. The van der Waals surface area contributed by atoms with Crippen LogP contribution in [0.5, 0.6) is 0 Å². The van der Waals surface area contributed by atoms with Crippen LogP contribution in [0.1, 0.15) is 29.7 Å². The molecule has 1 N–H and O–H groups in total. The molecule has 0 aromatic heterocycles. The van der Waals surface area contributed by atoms with Crippen molar-refractivity contribution in [3.63, 3.8) is 0 Å². The fourth-order valence-corrected chi connectivity index (χ4v) is 2.19. The van der Waals surface area contributed by atoms with Crippen molar-refractivity contribution in [3.8, 4) is 0 Å². The van der Waals surface area contributed by atoms with Crippen LogP contribution in [0.15, 0.2) is 42.5 Å². The van der Waals surface area contributed by atoms with Crippen LogP contribution >= 0.6 is 11.6 Å². The highest BCUT2D eigenvalue weighted by atomic mass is 35.5. The van der Waals surface area contributed by atoms with E-state index in [1.54, 1.807) is 12.1 Å². The minimum absolute atomic E-state index is 0.168. The molecule has 1 atom stereocenters. The number of nitrogens with one attached hydrogen (secondary N) is 1. The van der Waals surface area contributed by atoms with Gasteiger partial charge >= 0.3 is 0 Å². The van der Waals surface area contributed by atoms with E-state index in [9.17, 15) is 4.39 Å². The molecular formula is C16H17ClFN. The molecule has 0 fully saturated rings. The Labute approximate surface area is 118 Å². The van der Waals surface area contributed by atoms with Crippen molar-refractivity contribution in [2.75, 3.05) is 0 Å². The van der Waals surface area contributed by atoms with Gasteiger partial charge in [-0.05, 0) is 54.8 Å². The van der Waals surface area contributed by atoms with Crippen molar-refractivity contribution in [1.29, 1.82) is 0 Å². The van der Waals surface area contributed by atoms with Crippen LogP contribution in [0.25, 0.3) is 0 Å². The van der Waals surface area contributed by atoms with Gasteiger partial charge in [0, 0.05) is 17.6 Å². The zero-order valence-corrected chi connectivity index (χ0v) is 11.8. The van der Waals surface area contributed by atoms with E-state index in [2.05, 4.69) is 12.2 Å². The molecule has 19 heavy (non-hydrogen) atoms. The maximum absolute atomic E-state index is 13.2. The summed E-state index contributed by atoms with van der Waals surface area (Å²) in [4.78, 5) is 0. The van der Waals surface area contributed by atoms with Gasteiger partial charge in [-0.1, -0.05) is 29.8 Å². The van der Waals surface area contributed by atoms with Gasteiger partial charge in [0.25, 0.3) is 0 Å². The Morgan fingerprint density at radius 3 is 2.74 bits per heavy atom. The molecule has 0 aliphatic carbocycles. The normalized spacial score (nSPS) is 12.4. The second kappa shape index (κ2) is 6.18. The molecule has 3 heteroatoms. The van der Waals surface area contributed by atoms with Crippen LogP contribution in [-0.2, 0) is 6.54 Å². The predicted octanol–water partition coefficient (Wildman–Crippen LogP) is 4.64. The van der Waals surface area contributed by atoms with Crippen molar-refractivity contribution in [3.05, 3.63) is 70.0 Å². The molecule has 0 bridgehead atoms. The minimum atomic E-state index is -0.196. The maximum Gasteiger partial charge on any atom is 0.123 e. The fourth-order valence-electron chi connectivity index (χ4n) is 1.99. The summed E-state index contributed by atoms with van der Waals surface area (Å²) in [5, 5.41) is 4.11. The molecule has 0 heterocycles. The summed E-state index contributed by atoms with van der Waals surface area (Å²) in [6, 6.07) is 12.8. The average molecular weight is 278 g/mol. The Balaban J connectivity index is 2.04. The third-order valence-electron chi connectivity index (χ3n) is 3.26. The molecule has 1 nitrogen and oxygen atoms in total. The lowest BCUT2D eigenvalue weighted by molar-refractivity contribution is 0.568. The summed E-state index contributed by atoms with van der Waals surface area (Å²) in [5.74, 6) is -0.196. The number of benzene rings is 2. The molecule has 0 aliphatic rings. The van der Waals surface area contributed by atoms with Crippen molar-refractivity contribution in [2.24, 2.45) is 0 Å². The van der Waals surface area contributed by atoms with Crippen molar-refractivity contribution in [2.45, 2.75) is 26.4 Å². The van der Waals surface area contributed by atoms with E-state index in [-0.39, 0.29) is 11.9 Å². The van der Waals surface area contributed by atoms with E-state index in [1.807, 2.05) is 31.2 Å². The quantitative estimate of drug-likeness (QED) is 0.858. The van der Waals surface area contributed by atoms with Gasteiger partial charge < -0.3 is 5.32 Å². The topological polar surface area (TPSA) is 12.0 Å². The third kappa shape index (κ3) is 3.79. The van der Waals surface area contributed by atoms with Crippen LogP contribution in [0.3, 0.4) is 0 Å². The Morgan fingerprint density at radius 2 is 2.00 bits per heavy atom. The smallest absolute Gasteiger partial charge is 0.123 e. The highest BCUT2D eigenvalue weighted by Crippen LogP contribution is 2.18. The van der Waals surface area contributed by atoms with Crippen LogP contribution in [0.4, 0.5) is 4.39 Å². The number of hydrogen-bond donors (Lipinski definition) is 1. The van der Waals surface area contributed by atoms with Crippen LogP contribution in [0, 0.1) is 12.7 Å². The van der Waals surface area contributed by atoms with Gasteiger partial charge in [-0.15, -0.1) is 0 Å². The largest absolute Gasteiger partial charge is 0.306 e. The van der Waals surface area contributed by atoms with Crippen molar-refractivity contribution in [1.82, 2.24) is 5.32 Å². The Bertz CT molecular complexity index is 568. The Morgan fingerprint density at radius 1 is 1.21 bits per heavy atom. The summed E-state index contributed by atoms with van der Waals surface area (Å²) >= 11 is 5.97. The molecule has 2 aromatic carbocycles. The molecule has 2 rings (SSSR count). The first-order valence-electron chi connectivity index (χ1n) is 6.30. The molecule has 0 amide bonds. The third-order valence-corrected chi connectivity index (χ3v) is 3.49. The van der Waals surface area contributed by atoms with Gasteiger partial charge in [0.2, 0.25) is 0 Å². The van der Waals surface area contributed by atoms with E-state index in [0.717, 1.165) is 21.7 Å². The van der Waals surface area contributed by atoms with E-state index >= 15 is 0 Å². The Kier molecular flexibility index (Phi) is 4.56. The van der Waals surface area contributed by atoms with Crippen LogP contribution in [0.2, 0.25) is 5.02 Å². The first-order valence-corrected chi connectivity index (χ1v) is 6.68. The van der Waals surface area contributed by atoms with Gasteiger partial charge in [-0.2, -0.15) is 0 Å². The number of halogens is 2. The second-order valence-corrected chi connectivity index (χ2v) is 5.16. The molecule has 0 spiro atoms. The molecule has 0 aliphatic heterocycles. The zero-order valence-electron chi connectivity index (χ0n) is 11.1. The first kappa shape index (κ1) is 14.0. The summed E-state index contributed by atoms with van der Waals surface area (Å²) in [5.41, 5.74) is 3.20. The van der Waals surface area contributed by atoms with E-state index in [1.165, 1.54) is 6.07 Å². The lowest BCUT2D eigenvalue weighted by Gasteiger charge is -2.15. The lowest BCUT2D eigenvalue weighted by Crippen LogP contribution is -2.18. The molecule has 0 saturated carbocycles. The minimum Gasteiger partial charge on any atom is -0.306 e. The standard InChI is InChI=1S/C16H17ClFN/c1-11-6-7-16(18)9-14(11)10-19-12(2)13-4-3-5-15(17)8-13/h3-9,12,19H,10H2,1-2H3/t12-/m0/s1. The SMILES string of the molecule is Cc1ccc(F)cc1CN[C@@H](C)c1cccc(Cl)c1. The first-order chi connectivity index (χ1) is 9.06. The highest BCUT2D eigenvalue weighted by molar-refractivity contribution is 6.30. The van der Waals surface area contributed by atoms with Crippen molar-refractivity contribution < 1.29 is 4.39 Å². The second-order valence-electron chi connectivity index (χ2n) is 4.73. The highest BCUT2D eigenvalue weighted by Gasteiger charge is 2.07. The molecule has 100 valence electrons. The van der Waals surface area contributed by atoms with Crippen LogP contribution < -0.4 is 5.32 Å². The van der Waals surface area contributed by atoms with Gasteiger partial charge in [0.15, 0.2) is 0 Å². The summed E-state index contributed by atoms with van der Waals surface area (Å²) in [6.45, 7) is 4.69.